The fraction of sp³-hybridized carbons (Fsp3) is 0.385. The number of nitrogens with zero attached hydrogens (tertiary/aromatic N) is 3. The first-order valence-electron chi connectivity index (χ1n) is 11.5. The van der Waals surface area contributed by atoms with Crippen molar-refractivity contribution in [3.8, 4) is 0 Å². The van der Waals surface area contributed by atoms with E-state index in [0.717, 1.165) is 5.39 Å². The van der Waals surface area contributed by atoms with Crippen LogP contribution in [0.3, 0.4) is 0 Å². The van der Waals surface area contributed by atoms with Crippen LogP contribution in [0.25, 0.3) is 10.9 Å². The lowest BCUT2D eigenvalue weighted by Crippen LogP contribution is -2.56. The summed E-state index contributed by atoms with van der Waals surface area (Å²) in [7, 11) is 0. The summed E-state index contributed by atoms with van der Waals surface area (Å²) in [5.74, 6) is -1.57. The van der Waals surface area contributed by atoms with Crippen LogP contribution < -0.4 is 5.32 Å². The Hall–Kier alpha value is -3.10. The van der Waals surface area contributed by atoms with Gasteiger partial charge in [0.2, 0.25) is 5.91 Å². The molecular weight excluding hydrogens is 471 g/mol. The number of piperidine rings is 1. The first kappa shape index (κ1) is 25.0. The Balaban J connectivity index is 1.64. The molecule has 9 heteroatoms. The maximum absolute atomic E-state index is 14.1. The molecule has 2 N–H and O–H groups in total. The Labute approximate surface area is 208 Å². The van der Waals surface area contributed by atoms with Gasteiger partial charge in [-0.05, 0) is 47.7 Å². The number of hydrogen-bond acceptors (Lipinski definition) is 5. The van der Waals surface area contributed by atoms with Gasteiger partial charge in [-0.1, -0.05) is 32.4 Å². The van der Waals surface area contributed by atoms with Gasteiger partial charge in [-0.25, -0.2) is 4.39 Å². The van der Waals surface area contributed by atoms with Gasteiger partial charge in [-0.3, -0.25) is 19.6 Å². The molecule has 35 heavy (non-hydrogen) atoms. The van der Waals surface area contributed by atoms with E-state index >= 15 is 0 Å². The first-order chi connectivity index (χ1) is 16.5. The van der Waals surface area contributed by atoms with Gasteiger partial charge in [0.05, 0.1) is 17.1 Å². The summed E-state index contributed by atoms with van der Waals surface area (Å²) in [6.07, 6.45) is 3.98. The van der Waals surface area contributed by atoms with E-state index in [0.29, 0.717) is 29.6 Å². The molecule has 3 heterocycles. The highest BCUT2D eigenvalue weighted by Gasteiger charge is 2.37. The standard InChI is InChI=1S/C26H28ClFN4O3/c1-26(2,3)23(33)24(34)31-21-14-32(8-6-19(21)16-9-17(27)11-18(28)10-16)25(35)20-13-29-12-15-5-4-7-30-22(15)20/h4-5,7,9-13,19,21,23,33H,6,8,14H2,1-3H3,(H,31,34)/t19?,21?,23-/m0/s1. The van der Waals surface area contributed by atoms with E-state index < -0.39 is 29.3 Å². The van der Waals surface area contributed by atoms with Crippen LogP contribution in [0.5, 0.6) is 0 Å². The van der Waals surface area contributed by atoms with Crippen LogP contribution >= 0.6 is 11.6 Å². The average molecular weight is 499 g/mol. The Bertz CT molecular complexity index is 1240. The van der Waals surface area contributed by atoms with Gasteiger partial charge in [0.25, 0.3) is 5.91 Å². The number of halogens is 2. The van der Waals surface area contributed by atoms with Gasteiger partial charge >= 0.3 is 0 Å². The lowest BCUT2D eigenvalue weighted by Gasteiger charge is -2.40. The third-order valence-electron chi connectivity index (χ3n) is 6.35. The number of aliphatic hydroxyl groups is 1. The molecule has 0 bridgehead atoms. The summed E-state index contributed by atoms with van der Waals surface area (Å²) in [5.41, 5.74) is 0.878. The minimum atomic E-state index is -1.25. The molecule has 3 aromatic rings. The molecule has 2 aromatic heterocycles. The lowest BCUT2D eigenvalue weighted by molar-refractivity contribution is -0.135. The number of nitrogens with one attached hydrogen (secondary N) is 1. The number of aromatic nitrogens is 2. The number of rotatable bonds is 4. The number of carbonyl (C=O) groups is 2. The summed E-state index contributed by atoms with van der Waals surface area (Å²) in [6.45, 7) is 5.84. The van der Waals surface area contributed by atoms with Crippen LogP contribution in [0.1, 0.15) is 49.0 Å². The Morgan fingerprint density at radius 1 is 1.26 bits per heavy atom. The van der Waals surface area contributed by atoms with Gasteiger partial charge in [-0.2, -0.15) is 0 Å². The molecule has 0 spiro atoms. The molecule has 1 aliphatic heterocycles. The lowest BCUT2D eigenvalue weighted by atomic mass is 9.83. The van der Waals surface area contributed by atoms with E-state index in [1.807, 2.05) is 6.07 Å². The number of benzene rings is 1. The van der Waals surface area contributed by atoms with E-state index in [9.17, 15) is 19.1 Å². The minimum absolute atomic E-state index is 0.170. The molecule has 3 atom stereocenters. The molecule has 1 saturated heterocycles. The van der Waals surface area contributed by atoms with Crippen LogP contribution in [0.15, 0.2) is 48.9 Å². The molecule has 2 amide bonds. The van der Waals surface area contributed by atoms with E-state index in [1.54, 1.807) is 50.2 Å². The third kappa shape index (κ3) is 5.44. The molecule has 2 unspecified atom stereocenters. The van der Waals surface area contributed by atoms with Crippen molar-refractivity contribution < 1.29 is 19.1 Å². The largest absolute Gasteiger partial charge is 0.383 e. The highest BCUT2D eigenvalue weighted by molar-refractivity contribution is 6.30. The molecule has 0 radical (unpaired) electrons. The molecule has 184 valence electrons. The van der Waals surface area contributed by atoms with Crippen LogP contribution in [0.4, 0.5) is 4.39 Å². The molecule has 0 saturated carbocycles. The zero-order chi connectivity index (χ0) is 25.3. The maximum Gasteiger partial charge on any atom is 0.257 e. The second kappa shape index (κ2) is 9.87. The molecule has 1 fully saturated rings. The SMILES string of the molecule is CC(C)(C)[C@@H](O)C(=O)NC1CN(C(=O)c2cncc3cccnc23)CCC1c1cc(F)cc(Cl)c1. The van der Waals surface area contributed by atoms with Crippen molar-refractivity contribution >= 4 is 34.3 Å². The highest BCUT2D eigenvalue weighted by Crippen LogP contribution is 2.32. The quantitative estimate of drug-likeness (QED) is 0.568. The maximum atomic E-state index is 14.1. The summed E-state index contributed by atoms with van der Waals surface area (Å²) in [5, 5.41) is 14.4. The number of fused-ring (bicyclic) bond motifs is 1. The predicted octanol–water partition coefficient (Wildman–Crippen LogP) is 3.94. The topological polar surface area (TPSA) is 95.4 Å². The molecule has 1 aliphatic rings. The second-order valence-corrected chi connectivity index (χ2v) is 10.4. The monoisotopic (exact) mass is 498 g/mol. The Morgan fingerprint density at radius 3 is 2.74 bits per heavy atom. The van der Waals surface area contributed by atoms with Crippen LogP contribution in [0, 0.1) is 11.2 Å². The van der Waals surface area contributed by atoms with Gasteiger partial charge in [0.1, 0.15) is 11.9 Å². The molecular formula is C26H28ClFN4O3. The number of carbonyl (C=O) groups excluding carboxylic acids is 2. The average Bonchev–Trinajstić information content (AvgIpc) is 2.81. The normalized spacial score (nSPS) is 19.4. The predicted molar refractivity (Wildman–Crippen MR) is 132 cm³/mol. The number of hydrogen-bond donors (Lipinski definition) is 2. The summed E-state index contributed by atoms with van der Waals surface area (Å²) < 4.78 is 14.1. The molecule has 0 aliphatic carbocycles. The van der Waals surface area contributed by atoms with Crippen molar-refractivity contribution in [3.05, 3.63) is 70.9 Å². The summed E-state index contributed by atoms with van der Waals surface area (Å²) in [6, 6.07) is 7.34. The van der Waals surface area contributed by atoms with Crippen LogP contribution in [0.2, 0.25) is 5.02 Å². The minimum Gasteiger partial charge on any atom is -0.383 e. The van der Waals surface area contributed by atoms with Gasteiger partial charge in [0, 0.05) is 48.0 Å². The molecule has 7 nitrogen and oxygen atoms in total. The van der Waals surface area contributed by atoms with Crippen LogP contribution in [-0.4, -0.2) is 57.0 Å². The van der Waals surface area contributed by atoms with E-state index in [4.69, 9.17) is 11.6 Å². The van der Waals surface area contributed by atoms with Crippen molar-refractivity contribution in [1.29, 1.82) is 0 Å². The third-order valence-corrected chi connectivity index (χ3v) is 6.57. The van der Waals surface area contributed by atoms with Gasteiger partial charge in [-0.15, -0.1) is 0 Å². The van der Waals surface area contributed by atoms with Crippen molar-refractivity contribution in [1.82, 2.24) is 20.2 Å². The smallest absolute Gasteiger partial charge is 0.257 e. The summed E-state index contributed by atoms with van der Waals surface area (Å²) >= 11 is 6.10. The Morgan fingerprint density at radius 2 is 2.03 bits per heavy atom. The van der Waals surface area contributed by atoms with Gasteiger partial charge < -0.3 is 15.3 Å². The van der Waals surface area contributed by atoms with Gasteiger partial charge in [0.15, 0.2) is 0 Å². The number of pyridine rings is 2. The number of amides is 2. The highest BCUT2D eigenvalue weighted by atomic mass is 35.5. The van der Waals surface area contributed by atoms with Crippen molar-refractivity contribution in [2.75, 3.05) is 13.1 Å². The zero-order valence-electron chi connectivity index (χ0n) is 19.8. The van der Waals surface area contributed by atoms with Crippen molar-refractivity contribution in [2.24, 2.45) is 5.41 Å². The Kier molecular flexibility index (Phi) is 7.05. The number of aliphatic hydroxyl groups excluding tert-OH is 1. The molecule has 4 rings (SSSR count). The van der Waals surface area contributed by atoms with E-state index in [2.05, 4.69) is 15.3 Å². The fourth-order valence-electron chi connectivity index (χ4n) is 4.45. The summed E-state index contributed by atoms with van der Waals surface area (Å²) in [4.78, 5) is 36.6. The number of likely N-dealkylation sites (tertiary alicyclic amines) is 1. The fourth-order valence-corrected chi connectivity index (χ4v) is 4.68. The van der Waals surface area contributed by atoms with Crippen molar-refractivity contribution in [3.63, 3.8) is 0 Å². The van der Waals surface area contributed by atoms with E-state index in [-0.39, 0.29) is 23.4 Å². The molecule has 1 aromatic carbocycles. The second-order valence-electron chi connectivity index (χ2n) is 9.99. The van der Waals surface area contributed by atoms with Crippen molar-refractivity contribution in [2.45, 2.75) is 45.3 Å². The first-order valence-corrected chi connectivity index (χ1v) is 11.8. The van der Waals surface area contributed by atoms with E-state index in [1.165, 1.54) is 18.3 Å². The van der Waals surface area contributed by atoms with Crippen LogP contribution in [-0.2, 0) is 4.79 Å². The zero-order valence-corrected chi connectivity index (χ0v) is 20.6.